The van der Waals surface area contributed by atoms with Crippen LogP contribution >= 0.6 is 27.5 Å². The number of hydrogen-bond donors (Lipinski definition) is 2. The summed E-state index contributed by atoms with van der Waals surface area (Å²) in [7, 11) is 0. The van der Waals surface area contributed by atoms with Crippen LogP contribution < -0.4 is 10.6 Å². The SMILES string of the molecule is Brc1ccccc1.O=CNc1cnc(Cl)c(NC(=O)c2ccccc2)c1. The number of rotatable bonds is 4. The lowest BCUT2D eigenvalue weighted by molar-refractivity contribution is -0.105. The van der Waals surface area contributed by atoms with Gasteiger partial charge in [0.1, 0.15) is 0 Å². The number of hydrogen-bond acceptors (Lipinski definition) is 3. The van der Waals surface area contributed by atoms with Crippen LogP contribution in [-0.4, -0.2) is 17.3 Å². The van der Waals surface area contributed by atoms with Gasteiger partial charge in [-0.2, -0.15) is 0 Å². The molecule has 2 aromatic carbocycles. The number of pyridine rings is 1. The normalized spacial score (nSPS) is 9.46. The number of carbonyl (C=O) groups excluding carboxylic acids is 2. The minimum atomic E-state index is -0.299. The van der Waals surface area contributed by atoms with Gasteiger partial charge < -0.3 is 10.6 Å². The number of nitrogens with zero attached hydrogens (tertiary/aromatic N) is 1. The Bertz CT molecular complexity index is 861. The summed E-state index contributed by atoms with van der Waals surface area (Å²) in [4.78, 5) is 26.2. The fourth-order valence-corrected chi connectivity index (χ4v) is 2.34. The highest BCUT2D eigenvalue weighted by molar-refractivity contribution is 9.10. The van der Waals surface area contributed by atoms with E-state index in [4.69, 9.17) is 11.6 Å². The van der Waals surface area contributed by atoms with Crippen LogP contribution in [0.2, 0.25) is 5.15 Å². The predicted octanol–water partition coefficient (Wildman–Crippen LogP) is 5.00. The summed E-state index contributed by atoms with van der Waals surface area (Å²) in [5.41, 5.74) is 1.29. The summed E-state index contributed by atoms with van der Waals surface area (Å²) in [6, 6.07) is 20.2. The molecule has 26 heavy (non-hydrogen) atoms. The largest absolute Gasteiger partial charge is 0.327 e. The number of aromatic nitrogens is 1. The second-order valence-electron chi connectivity index (χ2n) is 4.94. The molecule has 0 aliphatic heterocycles. The second kappa shape index (κ2) is 10.3. The summed E-state index contributed by atoms with van der Waals surface area (Å²) < 4.78 is 1.13. The Morgan fingerprint density at radius 1 is 1.04 bits per heavy atom. The van der Waals surface area contributed by atoms with E-state index in [0.29, 0.717) is 23.3 Å². The van der Waals surface area contributed by atoms with E-state index in [1.54, 1.807) is 24.3 Å². The molecule has 0 spiro atoms. The molecule has 0 atom stereocenters. The smallest absolute Gasteiger partial charge is 0.255 e. The zero-order valence-electron chi connectivity index (χ0n) is 13.5. The van der Waals surface area contributed by atoms with Gasteiger partial charge >= 0.3 is 0 Å². The molecule has 0 unspecified atom stereocenters. The molecule has 5 nitrogen and oxygen atoms in total. The van der Waals surface area contributed by atoms with E-state index in [2.05, 4.69) is 31.5 Å². The first-order valence-corrected chi connectivity index (χ1v) is 8.70. The molecule has 3 rings (SSSR count). The quantitative estimate of drug-likeness (QED) is 0.450. The lowest BCUT2D eigenvalue weighted by Crippen LogP contribution is -2.12. The number of carbonyl (C=O) groups is 2. The number of anilines is 2. The standard InChI is InChI=1S/C13H10ClN3O2.C6H5Br/c14-12-11(6-10(7-15-12)16-8-18)17-13(19)9-4-2-1-3-5-9;7-6-4-2-1-3-5-6/h1-8H,(H,16,18)(H,17,19);1-5H. The first-order chi connectivity index (χ1) is 12.6. The van der Waals surface area contributed by atoms with E-state index in [1.807, 2.05) is 36.4 Å². The van der Waals surface area contributed by atoms with Gasteiger partial charge in [-0.25, -0.2) is 4.98 Å². The Labute approximate surface area is 164 Å². The van der Waals surface area contributed by atoms with Crippen molar-refractivity contribution in [1.82, 2.24) is 4.98 Å². The van der Waals surface area contributed by atoms with Crippen molar-refractivity contribution in [2.75, 3.05) is 10.6 Å². The Morgan fingerprint density at radius 2 is 1.65 bits per heavy atom. The van der Waals surface area contributed by atoms with Crippen molar-refractivity contribution in [2.45, 2.75) is 0 Å². The third-order valence-corrected chi connectivity index (χ3v) is 3.91. The first-order valence-electron chi connectivity index (χ1n) is 7.53. The minimum Gasteiger partial charge on any atom is -0.327 e. The molecule has 0 fully saturated rings. The summed E-state index contributed by atoms with van der Waals surface area (Å²) in [5.74, 6) is -0.299. The second-order valence-corrected chi connectivity index (χ2v) is 6.21. The van der Waals surface area contributed by atoms with Crippen LogP contribution in [0.15, 0.2) is 77.4 Å². The van der Waals surface area contributed by atoms with E-state index in [0.717, 1.165) is 4.47 Å². The molecule has 0 saturated heterocycles. The molecular weight excluding hydrogens is 418 g/mol. The van der Waals surface area contributed by atoms with Crippen LogP contribution in [0.1, 0.15) is 10.4 Å². The van der Waals surface area contributed by atoms with E-state index in [-0.39, 0.29) is 11.1 Å². The van der Waals surface area contributed by atoms with Gasteiger partial charge in [0.2, 0.25) is 6.41 Å². The van der Waals surface area contributed by atoms with Gasteiger partial charge in [-0.05, 0) is 30.3 Å². The van der Waals surface area contributed by atoms with Gasteiger partial charge in [-0.1, -0.05) is 63.9 Å². The van der Waals surface area contributed by atoms with Crippen molar-refractivity contribution in [3.8, 4) is 0 Å². The van der Waals surface area contributed by atoms with Gasteiger partial charge in [0.25, 0.3) is 5.91 Å². The number of amides is 2. The molecule has 0 aliphatic rings. The topological polar surface area (TPSA) is 71.1 Å². The average Bonchev–Trinajstić information content (AvgIpc) is 2.66. The van der Waals surface area contributed by atoms with Crippen molar-refractivity contribution in [3.63, 3.8) is 0 Å². The number of halogens is 2. The maximum absolute atomic E-state index is 11.9. The lowest BCUT2D eigenvalue weighted by Gasteiger charge is -2.08. The van der Waals surface area contributed by atoms with Crippen molar-refractivity contribution >= 4 is 51.2 Å². The van der Waals surface area contributed by atoms with Crippen LogP contribution in [0.5, 0.6) is 0 Å². The molecule has 132 valence electrons. The molecule has 2 N–H and O–H groups in total. The molecule has 2 amide bonds. The third kappa shape index (κ3) is 6.31. The minimum absolute atomic E-state index is 0.153. The maximum Gasteiger partial charge on any atom is 0.255 e. The molecule has 0 saturated carbocycles. The Kier molecular flexibility index (Phi) is 7.79. The van der Waals surface area contributed by atoms with Crippen LogP contribution in [-0.2, 0) is 4.79 Å². The highest BCUT2D eigenvalue weighted by atomic mass is 79.9. The zero-order valence-corrected chi connectivity index (χ0v) is 15.9. The van der Waals surface area contributed by atoms with Gasteiger partial charge in [0.05, 0.1) is 17.6 Å². The average molecular weight is 433 g/mol. The fourth-order valence-electron chi connectivity index (χ4n) is 1.88. The maximum atomic E-state index is 11.9. The molecule has 0 aliphatic carbocycles. The highest BCUT2D eigenvalue weighted by Gasteiger charge is 2.09. The summed E-state index contributed by atoms with van der Waals surface area (Å²) in [5, 5.41) is 5.22. The fraction of sp³-hybridized carbons (Fsp3) is 0. The Hall–Kier alpha value is -2.70. The zero-order chi connectivity index (χ0) is 18.8. The van der Waals surface area contributed by atoms with Gasteiger partial charge in [0.15, 0.2) is 5.15 Å². The summed E-state index contributed by atoms with van der Waals surface area (Å²) in [6.45, 7) is 0. The van der Waals surface area contributed by atoms with E-state index >= 15 is 0 Å². The molecule has 1 heterocycles. The van der Waals surface area contributed by atoms with Crippen LogP contribution in [0.3, 0.4) is 0 Å². The summed E-state index contributed by atoms with van der Waals surface area (Å²) >= 11 is 9.20. The van der Waals surface area contributed by atoms with Crippen molar-refractivity contribution < 1.29 is 9.59 Å². The molecule has 7 heteroatoms. The van der Waals surface area contributed by atoms with E-state index in [1.165, 1.54) is 12.3 Å². The lowest BCUT2D eigenvalue weighted by atomic mass is 10.2. The van der Waals surface area contributed by atoms with Gasteiger partial charge in [-0.3, -0.25) is 9.59 Å². The van der Waals surface area contributed by atoms with Crippen molar-refractivity contribution in [2.24, 2.45) is 0 Å². The van der Waals surface area contributed by atoms with Crippen molar-refractivity contribution in [1.29, 1.82) is 0 Å². The van der Waals surface area contributed by atoms with Crippen LogP contribution in [0.4, 0.5) is 11.4 Å². The Balaban J connectivity index is 0.000000290. The summed E-state index contributed by atoms with van der Waals surface area (Å²) in [6.07, 6.45) is 1.92. The Morgan fingerprint density at radius 3 is 2.19 bits per heavy atom. The van der Waals surface area contributed by atoms with Crippen LogP contribution in [0.25, 0.3) is 0 Å². The molecule has 0 radical (unpaired) electrons. The van der Waals surface area contributed by atoms with Gasteiger partial charge in [-0.15, -0.1) is 0 Å². The first kappa shape index (κ1) is 19.6. The third-order valence-electron chi connectivity index (χ3n) is 3.08. The van der Waals surface area contributed by atoms with Crippen LogP contribution in [0, 0.1) is 0 Å². The molecule has 1 aromatic heterocycles. The molecule has 3 aromatic rings. The van der Waals surface area contributed by atoms with Crippen molar-refractivity contribution in [3.05, 3.63) is 88.1 Å². The van der Waals surface area contributed by atoms with Gasteiger partial charge in [0, 0.05) is 10.0 Å². The monoisotopic (exact) mass is 431 g/mol. The number of nitrogens with one attached hydrogen (secondary N) is 2. The van der Waals surface area contributed by atoms with E-state index in [9.17, 15) is 9.59 Å². The van der Waals surface area contributed by atoms with E-state index < -0.39 is 0 Å². The number of benzene rings is 2. The molecule has 0 bridgehead atoms. The highest BCUT2D eigenvalue weighted by Crippen LogP contribution is 2.23. The molecular formula is C19H15BrClN3O2. The predicted molar refractivity (Wildman–Crippen MR) is 107 cm³/mol.